The minimum atomic E-state index is -0.110. The fourth-order valence-electron chi connectivity index (χ4n) is 4.56. The maximum Gasteiger partial charge on any atom is 0.251 e. The molecule has 2 aromatic carbocycles. The van der Waals surface area contributed by atoms with Crippen LogP contribution < -0.4 is 10.1 Å². The summed E-state index contributed by atoms with van der Waals surface area (Å²) < 4.78 is 6.21. The molecule has 0 bridgehead atoms. The lowest BCUT2D eigenvalue weighted by Gasteiger charge is -2.36. The summed E-state index contributed by atoms with van der Waals surface area (Å²) in [6.45, 7) is 3.50. The minimum Gasteiger partial charge on any atom is -0.489 e. The lowest BCUT2D eigenvalue weighted by molar-refractivity contribution is 0.0778. The van der Waals surface area contributed by atoms with Gasteiger partial charge in [-0.2, -0.15) is 0 Å². The first-order valence-electron chi connectivity index (χ1n) is 11.2. The molecule has 2 aliphatic rings. The highest BCUT2D eigenvalue weighted by Crippen LogP contribution is 2.31. The number of rotatable bonds is 7. The lowest BCUT2D eigenvalue weighted by Crippen LogP contribution is -2.44. The molecule has 0 spiro atoms. The number of hydrogen-bond donors (Lipinski definition) is 1. The zero-order chi connectivity index (χ0) is 21.8. The molecule has 4 rings (SSSR count). The molecule has 1 aliphatic carbocycles. The largest absolute Gasteiger partial charge is 0.489 e. The van der Waals surface area contributed by atoms with Crippen LogP contribution in [0.15, 0.2) is 42.5 Å². The van der Waals surface area contributed by atoms with Crippen LogP contribution in [-0.4, -0.2) is 68.1 Å². The van der Waals surface area contributed by atoms with E-state index in [-0.39, 0.29) is 12.0 Å². The molecule has 1 saturated heterocycles. The molecular weight excluding hydrogens is 410 g/mol. The predicted molar refractivity (Wildman–Crippen MR) is 125 cm³/mol. The van der Waals surface area contributed by atoms with Gasteiger partial charge in [0.25, 0.3) is 5.91 Å². The Balaban J connectivity index is 1.26. The van der Waals surface area contributed by atoms with Crippen molar-refractivity contribution >= 4 is 17.5 Å². The molecule has 1 heterocycles. The second-order valence-corrected chi connectivity index (χ2v) is 9.30. The van der Waals surface area contributed by atoms with Crippen molar-refractivity contribution in [3.8, 4) is 5.75 Å². The first kappa shape index (κ1) is 22.1. The second-order valence-electron chi connectivity index (χ2n) is 8.89. The average Bonchev–Trinajstić information content (AvgIpc) is 3.19. The highest BCUT2D eigenvalue weighted by atomic mass is 35.5. The summed E-state index contributed by atoms with van der Waals surface area (Å²) in [6.07, 6.45) is 4.47. The normalized spacial score (nSPS) is 17.7. The van der Waals surface area contributed by atoms with Gasteiger partial charge >= 0.3 is 0 Å². The monoisotopic (exact) mass is 441 g/mol. The van der Waals surface area contributed by atoms with Crippen molar-refractivity contribution in [3.05, 3.63) is 64.2 Å². The van der Waals surface area contributed by atoms with Gasteiger partial charge in [0.2, 0.25) is 0 Å². The zero-order valence-electron chi connectivity index (χ0n) is 18.4. The van der Waals surface area contributed by atoms with Crippen molar-refractivity contribution in [1.82, 2.24) is 15.1 Å². The number of nitrogens with zero attached hydrogens (tertiary/aromatic N) is 2. The third kappa shape index (κ3) is 5.59. The van der Waals surface area contributed by atoms with Gasteiger partial charge in [-0.3, -0.25) is 9.69 Å². The van der Waals surface area contributed by atoms with E-state index in [2.05, 4.69) is 34.5 Å². The van der Waals surface area contributed by atoms with Crippen LogP contribution in [0, 0.1) is 0 Å². The van der Waals surface area contributed by atoms with Crippen molar-refractivity contribution in [3.63, 3.8) is 0 Å². The van der Waals surface area contributed by atoms with E-state index in [1.807, 2.05) is 25.1 Å². The van der Waals surface area contributed by atoms with E-state index in [1.165, 1.54) is 11.1 Å². The Morgan fingerprint density at radius 2 is 1.81 bits per heavy atom. The smallest absolute Gasteiger partial charge is 0.251 e. The van der Waals surface area contributed by atoms with Gasteiger partial charge in [0.1, 0.15) is 11.9 Å². The standard InChI is InChI=1S/C25H32ClN3O2/c1-28(2)14-11-27-25(30)20-7-8-24(23(26)17-20)31-22-9-12-29(13-10-22)21-15-18-5-3-4-6-19(18)16-21/h3-8,17,21-22H,9-16H2,1-2H3,(H,27,30). The number of carbonyl (C=O) groups is 1. The van der Waals surface area contributed by atoms with Crippen molar-refractivity contribution in [2.24, 2.45) is 0 Å². The number of hydrogen-bond acceptors (Lipinski definition) is 4. The molecule has 166 valence electrons. The number of piperidine rings is 1. The lowest BCUT2D eigenvalue weighted by atomic mass is 10.0. The van der Waals surface area contributed by atoms with Crippen molar-refractivity contribution in [2.45, 2.75) is 37.8 Å². The van der Waals surface area contributed by atoms with Crippen molar-refractivity contribution in [1.29, 1.82) is 0 Å². The van der Waals surface area contributed by atoms with E-state index in [1.54, 1.807) is 12.1 Å². The topological polar surface area (TPSA) is 44.8 Å². The Bertz CT molecular complexity index is 884. The van der Waals surface area contributed by atoms with Crippen molar-refractivity contribution in [2.75, 3.05) is 40.3 Å². The Morgan fingerprint density at radius 3 is 2.42 bits per heavy atom. The van der Waals surface area contributed by atoms with E-state index >= 15 is 0 Å². The van der Waals surface area contributed by atoms with Crippen LogP contribution in [0.25, 0.3) is 0 Å². The van der Waals surface area contributed by atoms with E-state index in [9.17, 15) is 4.79 Å². The quantitative estimate of drug-likeness (QED) is 0.712. The summed E-state index contributed by atoms with van der Waals surface area (Å²) in [5.41, 5.74) is 3.57. The predicted octanol–water partition coefficient (Wildman–Crippen LogP) is 3.64. The van der Waals surface area contributed by atoms with Gasteiger partial charge in [-0.1, -0.05) is 35.9 Å². The maximum atomic E-state index is 12.3. The highest BCUT2D eigenvalue weighted by molar-refractivity contribution is 6.32. The first-order valence-corrected chi connectivity index (χ1v) is 11.6. The molecule has 2 aromatic rings. The molecule has 31 heavy (non-hydrogen) atoms. The van der Waals surface area contributed by atoms with Gasteiger partial charge in [0.05, 0.1) is 5.02 Å². The highest BCUT2D eigenvalue weighted by Gasteiger charge is 2.30. The van der Waals surface area contributed by atoms with Gasteiger partial charge in [0.15, 0.2) is 0 Å². The van der Waals surface area contributed by atoms with Gasteiger partial charge in [-0.25, -0.2) is 0 Å². The summed E-state index contributed by atoms with van der Waals surface area (Å²) in [7, 11) is 3.96. The molecule has 1 aliphatic heterocycles. The Morgan fingerprint density at radius 1 is 1.13 bits per heavy atom. The van der Waals surface area contributed by atoms with E-state index in [0.29, 0.717) is 28.9 Å². The third-order valence-corrected chi connectivity index (χ3v) is 6.65. The van der Waals surface area contributed by atoms with Gasteiger partial charge in [-0.15, -0.1) is 0 Å². The fraction of sp³-hybridized carbons (Fsp3) is 0.480. The number of ether oxygens (including phenoxy) is 1. The van der Waals surface area contributed by atoms with Crippen molar-refractivity contribution < 1.29 is 9.53 Å². The van der Waals surface area contributed by atoms with Crippen LogP contribution >= 0.6 is 11.6 Å². The number of nitrogens with one attached hydrogen (secondary N) is 1. The van der Waals surface area contributed by atoms with Crippen LogP contribution in [0.1, 0.15) is 34.3 Å². The van der Waals surface area contributed by atoms with Gasteiger partial charge < -0.3 is 15.0 Å². The van der Waals surface area contributed by atoms with Crippen LogP contribution in [0.4, 0.5) is 0 Å². The zero-order valence-corrected chi connectivity index (χ0v) is 19.2. The Hall–Kier alpha value is -2.08. The molecule has 1 N–H and O–H groups in total. The van der Waals surface area contributed by atoms with Crippen LogP contribution in [-0.2, 0) is 12.8 Å². The third-order valence-electron chi connectivity index (χ3n) is 6.35. The average molecular weight is 442 g/mol. The number of halogens is 1. The number of likely N-dealkylation sites (tertiary alicyclic amines) is 1. The Kier molecular flexibility index (Phi) is 7.16. The summed E-state index contributed by atoms with van der Waals surface area (Å²) in [5.74, 6) is 0.555. The minimum absolute atomic E-state index is 0.110. The summed E-state index contributed by atoms with van der Waals surface area (Å²) in [6, 6.07) is 14.7. The van der Waals surface area contributed by atoms with E-state index in [4.69, 9.17) is 16.3 Å². The molecule has 0 atom stereocenters. The number of likely N-dealkylation sites (N-methyl/N-ethyl adjacent to an activating group) is 1. The molecule has 6 heteroatoms. The SMILES string of the molecule is CN(C)CCNC(=O)c1ccc(OC2CCN(C3Cc4ccccc4C3)CC2)c(Cl)c1. The first-order chi connectivity index (χ1) is 15.0. The molecule has 0 saturated carbocycles. The molecule has 0 aromatic heterocycles. The summed E-state index contributed by atoms with van der Waals surface area (Å²) >= 11 is 6.44. The fourth-order valence-corrected chi connectivity index (χ4v) is 4.79. The summed E-state index contributed by atoms with van der Waals surface area (Å²) in [5, 5.41) is 3.41. The number of carbonyl (C=O) groups excluding carboxylic acids is 1. The summed E-state index contributed by atoms with van der Waals surface area (Å²) in [4.78, 5) is 16.9. The molecular formula is C25H32ClN3O2. The molecule has 0 radical (unpaired) electrons. The van der Waals surface area contributed by atoms with Gasteiger partial charge in [-0.05, 0) is 69.1 Å². The molecule has 5 nitrogen and oxygen atoms in total. The molecule has 1 fully saturated rings. The van der Waals surface area contributed by atoms with Crippen LogP contribution in [0.5, 0.6) is 5.75 Å². The Labute approximate surface area is 190 Å². The van der Waals surface area contributed by atoms with E-state index < -0.39 is 0 Å². The maximum absolute atomic E-state index is 12.3. The van der Waals surface area contributed by atoms with Crippen LogP contribution in [0.3, 0.4) is 0 Å². The molecule has 0 unspecified atom stereocenters. The number of benzene rings is 2. The molecule has 1 amide bonds. The van der Waals surface area contributed by atoms with E-state index in [0.717, 1.165) is 45.3 Å². The second kappa shape index (κ2) is 10.0. The number of fused-ring (bicyclic) bond motifs is 1. The van der Waals surface area contributed by atoms with Gasteiger partial charge in [0, 0.05) is 37.8 Å². The van der Waals surface area contributed by atoms with Crippen LogP contribution in [0.2, 0.25) is 5.02 Å². The number of amides is 1.